The van der Waals surface area contributed by atoms with Gasteiger partial charge in [0.25, 0.3) is 0 Å². The van der Waals surface area contributed by atoms with Gasteiger partial charge in [0.1, 0.15) is 11.6 Å². The van der Waals surface area contributed by atoms with E-state index in [1.807, 2.05) is 30.3 Å². The summed E-state index contributed by atoms with van der Waals surface area (Å²) in [6.07, 6.45) is 0. The Kier molecular flexibility index (Phi) is 4.83. The van der Waals surface area contributed by atoms with Crippen molar-refractivity contribution in [2.24, 2.45) is 0 Å². The molecular formula is C17H21N3O3. The van der Waals surface area contributed by atoms with Crippen molar-refractivity contribution in [1.82, 2.24) is 10.3 Å². The molecule has 23 heavy (non-hydrogen) atoms. The number of hydrogen-bond donors (Lipinski definition) is 1. The monoisotopic (exact) mass is 315 g/mol. The molecule has 0 spiro atoms. The van der Waals surface area contributed by atoms with Crippen LogP contribution in [0.3, 0.4) is 0 Å². The van der Waals surface area contributed by atoms with E-state index in [0.717, 1.165) is 32.0 Å². The average Bonchev–Trinajstić information content (AvgIpc) is 2.62. The van der Waals surface area contributed by atoms with Crippen LogP contribution in [0.25, 0.3) is 0 Å². The first-order chi connectivity index (χ1) is 11.3. The minimum atomic E-state index is 0.563. The van der Waals surface area contributed by atoms with Gasteiger partial charge in [-0.3, -0.25) is 0 Å². The molecule has 0 amide bonds. The number of nitrogens with zero attached hydrogens (tertiary/aromatic N) is 2. The van der Waals surface area contributed by atoms with Crippen LogP contribution in [0.1, 0.15) is 0 Å². The first-order valence-electron chi connectivity index (χ1n) is 7.63. The Morgan fingerprint density at radius 1 is 1.00 bits per heavy atom. The zero-order valence-corrected chi connectivity index (χ0v) is 13.4. The van der Waals surface area contributed by atoms with Crippen molar-refractivity contribution in [3.8, 4) is 23.1 Å². The highest BCUT2D eigenvalue weighted by atomic mass is 16.5. The summed E-state index contributed by atoms with van der Waals surface area (Å²) in [5, 5.41) is 3.34. The molecule has 3 rings (SSSR count). The van der Waals surface area contributed by atoms with Crippen molar-refractivity contribution in [3.05, 3.63) is 36.4 Å². The van der Waals surface area contributed by atoms with Gasteiger partial charge in [-0.15, -0.1) is 0 Å². The number of rotatable bonds is 5. The van der Waals surface area contributed by atoms with Gasteiger partial charge in [-0.2, -0.15) is 4.98 Å². The maximum Gasteiger partial charge on any atom is 0.221 e. The Balaban J connectivity index is 1.77. The molecule has 2 aromatic rings. The highest BCUT2D eigenvalue weighted by molar-refractivity contribution is 5.47. The molecule has 1 aliphatic rings. The quantitative estimate of drug-likeness (QED) is 0.914. The molecule has 1 aliphatic heterocycles. The molecule has 0 atom stereocenters. The lowest BCUT2D eigenvalue weighted by atomic mass is 10.3. The molecule has 6 nitrogen and oxygen atoms in total. The van der Waals surface area contributed by atoms with Crippen molar-refractivity contribution >= 4 is 5.82 Å². The molecule has 1 N–H and O–H groups in total. The summed E-state index contributed by atoms with van der Waals surface area (Å²) in [6.45, 7) is 3.85. The Hall–Kier alpha value is -2.47. The van der Waals surface area contributed by atoms with Gasteiger partial charge in [0.2, 0.25) is 5.88 Å². The van der Waals surface area contributed by atoms with Crippen molar-refractivity contribution in [2.75, 3.05) is 45.3 Å². The maximum atomic E-state index is 5.86. The molecule has 0 radical (unpaired) electrons. The smallest absolute Gasteiger partial charge is 0.221 e. The molecule has 2 heterocycles. The second-order valence-electron chi connectivity index (χ2n) is 5.19. The lowest BCUT2D eigenvalue weighted by Gasteiger charge is -2.28. The lowest BCUT2D eigenvalue weighted by molar-refractivity contribution is 0.351. The molecule has 0 bridgehead atoms. The minimum Gasteiger partial charge on any atom is -0.493 e. The van der Waals surface area contributed by atoms with E-state index in [0.29, 0.717) is 23.1 Å². The van der Waals surface area contributed by atoms with E-state index in [1.54, 1.807) is 20.3 Å². The van der Waals surface area contributed by atoms with E-state index in [4.69, 9.17) is 14.2 Å². The van der Waals surface area contributed by atoms with Crippen molar-refractivity contribution < 1.29 is 14.2 Å². The van der Waals surface area contributed by atoms with E-state index >= 15 is 0 Å². The van der Waals surface area contributed by atoms with Gasteiger partial charge in [0, 0.05) is 38.3 Å². The fraction of sp³-hybridized carbons (Fsp3) is 0.353. The van der Waals surface area contributed by atoms with E-state index in [-0.39, 0.29) is 0 Å². The molecule has 6 heteroatoms. The maximum absolute atomic E-state index is 5.86. The largest absolute Gasteiger partial charge is 0.493 e. The molecule has 1 aromatic carbocycles. The number of aromatic nitrogens is 1. The van der Waals surface area contributed by atoms with Crippen LogP contribution in [0.2, 0.25) is 0 Å². The third-order valence-electron chi connectivity index (χ3n) is 3.73. The summed E-state index contributed by atoms with van der Waals surface area (Å²) in [4.78, 5) is 6.84. The molecular weight excluding hydrogens is 294 g/mol. The third-order valence-corrected chi connectivity index (χ3v) is 3.73. The van der Waals surface area contributed by atoms with E-state index in [2.05, 4.69) is 15.2 Å². The van der Waals surface area contributed by atoms with Crippen LogP contribution in [0.4, 0.5) is 5.82 Å². The Bertz CT molecular complexity index is 657. The van der Waals surface area contributed by atoms with Crippen LogP contribution in [-0.2, 0) is 0 Å². The van der Waals surface area contributed by atoms with E-state index in [9.17, 15) is 0 Å². The molecule has 1 fully saturated rings. The third kappa shape index (κ3) is 3.65. The fourth-order valence-corrected chi connectivity index (χ4v) is 2.53. The van der Waals surface area contributed by atoms with Crippen LogP contribution in [0.15, 0.2) is 36.4 Å². The van der Waals surface area contributed by atoms with Crippen molar-refractivity contribution in [1.29, 1.82) is 0 Å². The van der Waals surface area contributed by atoms with Crippen LogP contribution in [0, 0.1) is 0 Å². The second kappa shape index (κ2) is 7.19. The van der Waals surface area contributed by atoms with Crippen LogP contribution >= 0.6 is 0 Å². The van der Waals surface area contributed by atoms with Gasteiger partial charge in [-0.1, -0.05) is 6.07 Å². The predicted octanol–water partition coefficient (Wildman–Crippen LogP) is 2.30. The average molecular weight is 315 g/mol. The first kappa shape index (κ1) is 15.4. The van der Waals surface area contributed by atoms with Crippen molar-refractivity contribution in [3.63, 3.8) is 0 Å². The number of anilines is 1. The summed E-state index contributed by atoms with van der Waals surface area (Å²) in [5.74, 6) is 3.45. The van der Waals surface area contributed by atoms with Gasteiger partial charge in [0.05, 0.1) is 14.2 Å². The normalized spacial score (nSPS) is 14.4. The number of benzene rings is 1. The van der Waals surface area contributed by atoms with Gasteiger partial charge in [-0.05, 0) is 18.2 Å². The lowest BCUT2D eigenvalue weighted by Crippen LogP contribution is -2.43. The highest BCUT2D eigenvalue weighted by Gasteiger charge is 2.13. The summed E-state index contributed by atoms with van der Waals surface area (Å²) in [6, 6.07) is 11.3. The summed E-state index contributed by atoms with van der Waals surface area (Å²) < 4.78 is 16.4. The van der Waals surface area contributed by atoms with Crippen molar-refractivity contribution in [2.45, 2.75) is 0 Å². The summed E-state index contributed by atoms with van der Waals surface area (Å²) in [7, 11) is 3.21. The number of methoxy groups -OCH3 is 2. The topological polar surface area (TPSA) is 55.9 Å². The van der Waals surface area contributed by atoms with Gasteiger partial charge < -0.3 is 24.4 Å². The zero-order chi connectivity index (χ0) is 16.1. The molecule has 122 valence electrons. The standard InChI is InChI=1S/C17H21N3O3/c1-21-14-7-6-13(12-15(14)22-2)23-17-5-3-4-16(19-17)20-10-8-18-9-11-20/h3-7,12,18H,8-11H2,1-2H3. The molecule has 1 saturated heterocycles. The van der Waals surface area contributed by atoms with E-state index in [1.165, 1.54) is 0 Å². The SMILES string of the molecule is COc1ccc(Oc2cccc(N3CCNCC3)n2)cc1OC. The van der Waals surface area contributed by atoms with Crippen LogP contribution in [-0.4, -0.2) is 45.4 Å². The van der Waals surface area contributed by atoms with Gasteiger partial charge in [-0.25, -0.2) is 0 Å². The Morgan fingerprint density at radius 2 is 1.78 bits per heavy atom. The number of nitrogens with one attached hydrogen (secondary N) is 1. The fourth-order valence-electron chi connectivity index (χ4n) is 2.53. The highest BCUT2D eigenvalue weighted by Crippen LogP contribution is 2.33. The summed E-state index contributed by atoms with van der Waals surface area (Å²) in [5.41, 5.74) is 0. The molecule has 1 aromatic heterocycles. The van der Waals surface area contributed by atoms with Gasteiger partial charge in [0.15, 0.2) is 11.5 Å². The molecule has 0 unspecified atom stereocenters. The minimum absolute atomic E-state index is 0.563. The molecule has 0 aliphatic carbocycles. The number of pyridine rings is 1. The number of hydrogen-bond acceptors (Lipinski definition) is 6. The van der Waals surface area contributed by atoms with E-state index < -0.39 is 0 Å². The van der Waals surface area contributed by atoms with Gasteiger partial charge >= 0.3 is 0 Å². The number of piperazine rings is 1. The van der Waals surface area contributed by atoms with Crippen LogP contribution < -0.4 is 24.4 Å². The first-order valence-corrected chi connectivity index (χ1v) is 7.63. The zero-order valence-electron chi connectivity index (χ0n) is 13.4. The number of ether oxygens (including phenoxy) is 3. The second-order valence-corrected chi connectivity index (χ2v) is 5.19. The predicted molar refractivity (Wildman–Crippen MR) is 88.9 cm³/mol. The Labute approximate surface area is 136 Å². The molecule has 0 saturated carbocycles. The van der Waals surface area contributed by atoms with Crippen LogP contribution in [0.5, 0.6) is 23.1 Å². The Morgan fingerprint density at radius 3 is 2.52 bits per heavy atom. The summed E-state index contributed by atoms with van der Waals surface area (Å²) >= 11 is 0.